The van der Waals surface area contributed by atoms with E-state index in [2.05, 4.69) is 0 Å². The lowest BCUT2D eigenvalue weighted by molar-refractivity contribution is -0.160. The molecule has 0 saturated carbocycles. The molecule has 2 rings (SSSR count). The van der Waals surface area contributed by atoms with Gasteiger partial charge in [0.15, 0.2) is 0 Å². The maximum atomic E-state index is 12.5. The summed E-state index contributed by atoms with van der Waals surface area (Å²) in [5, 5.41) is 0. The monoisotopic (exact) mass is 252 g/mol. The van der Waals surface area contributed by atoms with E-state index in [0.29, 0.717) is 0 Å². The van der Waals surface area contributed by atoms with Gasteiger partial charge in [-0.2, -0.15) is 13.2 Å². The zero-order valence-electron chi connectivity index (χ0n) is 10.1. The van der Waals surface area contributed by atoms with Crippen molar-refractivity contribution in [3.8, 4) is 0 Å². The van der Waals surface area contributed by atoms with Crippen LogP contribution in [0.1, 0.15) is 24.8 Å². The largest absolute Gasteiger partial charge is 0.395 e. The lowest BCUT2D eigenvalue weighted by Crippen LogP contribution is -2.22. The zero-order valence-corrected chi connectivity index (χ0v) is 10.1. The molecule has 0 N–H and O–H groups in total. The molecule has 1 aromatic rings. The first-order valence-electron chi connectivity index (χ1n) is 5.98. The Hall–Kier alpha value is -1.51. The predicted octanol–water partition coefficient (Wildman–Crippen LogP) is 4.85. The zero-order chi connectivity index (χ0) is 13.2. The van der Waals surface area contributed by atoms with Gasteiger partial charge in [-0.3, -0.25) is 0 Å². The van der Waals surface area contributed by atoms with E-state index >= 15 is 0 Å². The van der Waals surface area contributed by atoms with Crippen LogP contribution in [0, 0.1) is 5.92 Å². The normalized spacial score (nSPS) is 21.6. The van der Waals surface area contributed by atoms with Gasteiger partial charge in [-0.05, 0) is 17.6 Å². The molecule has 0 aromatic heterocycles. The van der Waals surface area contributed by atoms with Crippen molar-refractivity contribution in [2.45, 2.75) is 25.4 Å². The number of benzene rings is 1. The number of rotatable bonds is 2. The molecule has 0 fully saturated rings. The van der Waals surface area contributed by atoms with Gasteiger partial charge in [0.25, 0.3) is 0 Å². The molecule has 0 saturated heterocycles. The lowest BCUT2D eigenvalue weighted by Gasteiger charge is -2.22. The van der Waals surface area contributed by atoms with Gasteiger partial charge < -0.3 is 0 Å². The SMILES string of the molecule is C[C@H](C1=CCC(C(F)(F)F)C=C1)c1ccccc1. The Bertz CT molecular complexity index is 454. The molecule has 0 amide bonds. The Labute approximate surface area is 105 Å². The van der Waals surface area contributed by atoms with Gasteiger partial charge in [-0.15, -0.1) is 0 Å². The van der Waals surface area contributed by atoms with Crippen LogP contribution >= 0.6 is 0 Å². The fraction of sp³-hybridized carbons (Fsp3) is 0.333. The van der Waals surface area contributed by atoms with Crippen molar-refractivity contribution in [2.75, 3.05) is 0 Å². The quantitative estimate of drug-likeness (QED) is 0.705. The highest BCUT2D eigenvalue weighted by atomic mass is 19.4. The van der Waals surface area contributed by atoms with Crippen LogP contribution in [0.3, 0.4) is 0 Å². The highest BCUT2D eigenvalue weighted by Gasteiger charge is 2.37. The van der Waals surface area contributed by atoms with Crippen LogP contribution in [-0.2, 0) is 0 Å². The average molecular weight is 252 g/mol. The van der Waals surface area contributed by atoms with Gasteiger partial charge in [-0.25, -0.2) is 0 Å². The van der Waals surface area contributed by atoms with Gasteiger partial charge in [0.05, 0.1) is 5.92 Å². The summed E-state index contributed by atoms with van der Waals surface area (Å²) >= 11 is 0. The molecule has 0 heterocycles. The Kier molecular flexibility index (Phi) is 3.60. The van der Waals surface area contributed by atoms with Crippen molar-refractivity contribution in [1.82, 2.24) is 0 Å². The second-order valence-electron chi connectivity index (χ2n) is 4.58. The molecule has 1 aliphatic carbocycles. The van der Waals surface area contributed by atoms with Gasteiger partial charge in [0.2, 0.25) is 0 Å². The van der Waals surface area contributed by atoms with Crippen LogP contribution in [0.25, 0.3) is 0 Å². The van der Waals surface area contributed by atoms with E-state index in [-0.39, 0.29) is 12.3 Å². The minimum Gasteiger partial charge on any atom is -0.170 e. The van der Waals surface area contributed by atoms with Crippen molar-refractivity contribution in [3.63, 3.8) is 0 Å². The minimum atomic E-state index is -4.13. The number of hydrogen-bond donors (Lipinski definition) is 0. The molecule has 96 valence electrons. The number of halogens is 3. The first kappa shape index (κ1) is 12.9. The number of hydrogen-bond acceptors (Lipinski definition) is 0. The first-order valence-corrected chi connectivity index (χ1v) is 5.98. The number of allylic oxidation sites excluding steroid dienone is 4. The summed E-state index contributed by atoms with van der Waals surface area (Å²) < 4.78 is 37.5. The molecule has 3 heteroatoms. The van der Waals surface area contributed by atoms with Crippen LogP contribution in [-0.4, -0.2) is 6.18 Å². The third-order valence-corrected chi connectivity index (χ3v) is 3.35. The lowest BCUT2D eigenvalue weighted by atomic mass is 9.86. The minimum absolute atomic E-state index is 0.0481. The first-order chi connectivity index (χ1) is 8.48. The van der Waals surface area contributed by atoms with Gasteiger partial charge in [-0.1, -0.05) is 55.5 Å². The van der Waals surface area contributed by atoms with Crippen LogP contribution in [0.5, 0.6) is 0 Å². The molecule has 1 aromatic carbocycles. The topological polar surface area (TPSA) is 0 Å². The Morgan fingerprint density at radius 1 is 1.17 bits per heavy atom. The summed E-state index contributed by atoms with van der Waals surface area (Å²) in [5.41, 5.74) is 2.08. The van der Waals surface area contributed by atoms with E-state index in [1.165, 1.54) is 6.08 Å². The van der Waals surface area contributed by atoms with Crippen molar-refractivity contribution in [1.29, 1.82) is 0 Å². The van der Waals surface area contributed by atoms with Crippen molar-refractivity contribution >= 4 is 0 Å². The predicted molar refractivity (Wildman–Crippen MR) is 66.2 cm³/mol. The maximum absolute atomic E-state index is 12.5. The molecule has 0 radical (unpaired) electrons. The summed E-state index contributed by atoms with van der Waals surface area (Å²) in [7, 11) is 0. The summed E-state index contributed by atoms with van der Waals surface area (Å²) in [6.07, 6.45) is 0.505. The van der Waals surface area contributed by atoms with Gasteiger partial charge in [0.1, 0.15) is 0 Å². The molecule has 1 unspecified atom stereocenters. The average Bonchev–Trinajstić information content (AvgIpc) is 2.38. The van der Waals surface area contributed by atoms with Crippen LogP contribution < -0.4 is 0 Å². The third kappa shape index (κ3) is 2.84. The van der Waals surface area contributed by atoms with Crippen molar-refractivity contribution < 1.29 is 13.2 Å². The molecule has 18 heavy (non-hydrogen) atoms. The van der Waals surface area contributed by atoms with Crippen molar-refractivity contribution in [2.24, 2.45) is 5.92 Å². The Balaban J connectivity index is 2.10. The second-order valence-corrected chi connectivity index (χ2v) is 4.58. The van der Waals surface area contributed by atoms with Gasteiger partial charge in [0, 0.05) is 5.92 Å². The summed E-state index contributed by atoms with van der Waals surface area (Å²) in [6, 6.07) is 9.81. The molecule has 0 nitrogen and oxygen atoms in total. The molecule has 1 aliphatic rings. The smallest absolute Gasteiger partial charge is 0.170 e. The van der Waals surface area contributed by atoms with Crippen molar-refractivity contribution in [3.05, 3.63) is 59.7 Å². The van der Waals surface area contributed by atoms with E-state index in [4.69, 9.17) is 0 Å². The van der Waals surface area contributed by atoms with E-state index in [9.17, 15) is 13.2 Å². The Morgan fingerprint density at radius 2 is 1.83 bits per heavy atom. The molecule has 0 spiro atoms. The summed E-state index contributed by atoms with van der Waals surface area (Å²) in [6.45, 7) is 2.01. The second kappa shape index (κ2) is 5.01. The highest BCUT2D eigenvalue weighted by molar-refractivity contribution is 5.36. The molecular weight excluding hydrogens is 237 g/mol. The van der Waals surface area contributed by atoms with Crippen LogP contribution in [0.2, 0.25) is 0 Å². The third-order valence-electron chi connectivity index (χ3n) is 3.35. The van der Waals surface area contributed by atoms with E-state index in [1.54, 1.807) is 12.2 Å². The molecular formula is C15H15F3. The fourth-order valence-electron chi connectivity index (χ4n) is 2.13. The molecule has 0 bridgehead atoms. The maximum Gasteiger partial charge on any atom is 0.395 e. The Morgan fingerprint density at radius 3 is 2.33 bits per heavy atom. The number of alkyl halides is 3. The van der Waals surface area contributed by atoms with E-state index in [1.807, 2.05) is 37.3 Å². The van der Waals surface area contributed by atoms with Crippen LogP contribution in [0.4, 0.5) is 13.2 Å². The molecule has 2 atom stereocenters. The summed E-state index contributed by atoms with van der Waals surface area (Å²) in [5.74, 6) is -1.19. The van der Waals surface area contributed by atoms with Crippen LogP contribution in [0.15, 0.2) is 54.1 Å². The van der Waals surface area contributed by atoms with E-state index < -0.39 is 12.1 Å². The fourth-order valence-corrected chi connectivity index (χ4v) is 2.13. The standard InChI is InChI=1S/C15H15F3/c1-11(12-5-3-2-4-6-12)13-7-9-14(10-8-13)15(16,17)18/h2-9,11,14H,10H2,1H3/t11-,14?/m0/s1. The van der Waals surface area contributed by atoms with Gasteiger partial charge >= 0.3 is 6.18 Å². The molecule has 0 aliphatic heterocycles. The summed E-state index contributed by atoms with van der Waals surface area (Å²) in [4.78, 5) is 0. The highest BCUT2D eigenvalue weighted by Crippen LogP contribution is 2.36. The van der Waals surface area contributed by atoms with E-state index in [0.717, 1.165) is 11.1 Å².